The molecule has 0 atom stereocenters. The molecule has 0 radical (unpaired) electrons. The van der Waals surface area contributed by atoms with E-state index in [1.807, 2.05) is 0 Å². The third-order valence-electron chi connectivity index (χ3n) is 2.71. The lowest BCUT2D eigenvalue weighted by atomic mass is 10.1. The Bertz CT molecular complexity index is 564. The van der Waals surface area contributed by atoms with Gasteiger partial charge < -0.3 is 16.2 Å². The summed E-state index contributed by atoms with van der Waals surface area (Å²) >= 11 is 0. The maximum atomic E-state index is 13.5. The molecule has 4 N–H and O–H groups in total. The Kier molecular flexibility index (Phi) is 3.97. The monoisotopic (exact) mass is 264 g/mol. The molecule has 0 aliphatic rings. The molecule has 0 amide bonds. The molecule has 2 aromatic carbocycles. The van der Waals surface area contributed by atoms with Crippen LogP contribution in [0, 0.1) is 11.6 Å². The molecule has 0 aromatic heterocycles. The van der Waals surface area contributed by atoms with Crippen LogP contribution in [0.2, 0.25) is 0 Å². The zero-order valence-electron chi connectivity index (χ0n) is 10.2. The van der Waals surface area contributed by atoms with E-state index in [0.29, 0.717) is 0 Å². The lowest BCUT2D eigenvalue weighted by Gasteiger charge is -2.10. The topological polar surface area (TPSA) is 58.3 Å². The SMILES string of the molecule is Nc1cc(F)c(NCc2cccc(CO)c2)c(F)c1. The fraction of sp³-hybridized carbons (Fsp3) is 0.143. The van der Waals surface area contributed by atoms with Crippen LogP contribution in [0.5, 0.6) is 0 Å². The maximum Gasteiger partial charge on any atom is 0.151 e. The smallest absolute Gasteiger partial charge is 0.151 e. The molecule has 0 spiro atoms. The summed E-state index contributed by atoms with van der Waals surface area (Å²) in [4.78, 5) is 0. The van der Waals surface area contributed by atoms with Crippen molar-refractivity contribution in [3.8, 4) is 0 Å². The fourth-order valence-corrected chi connectivity index (χ4v) is 1.79. The minimum absolute atomic E-state index is 0.0443. The maximum absolute atomic E-state index is 13.5. The fourth-order valence-electron chi connectivity index (χ4n) is 1.79. The van der Waals surface area contributed by atoms with Gasteiger partial charge in [0.25, 0.3) is 0 Å². The zero-order valence-corrected chi connectivity index (χ0v) is 10.2. The summed E-state index contributed by atoms with van der Waals surface area (Å²) < 4.78 is 27.1. The number of nitrogen functional groups attached to an aromatic ring is 1. The largest absolute Gasteiger partial charge is 0.399 e. The van der Waals surface area contributed by atoms with Gasteiger partial charge in [-0.15, -0.1) is 0 Å². The number of aliphatic hydroxyl groups is 1. The van der Waals surface area contributed by atoms with Gasteiger partial charge in [0, 0.05) is 12.2 Å². The van der Waals surface area contributed by atoms with Crippen molar-refractivity contribution in [2.75, 3.05) is 11.1 Å². The molecule has 0 unspecified atom stereocenters. The van der Waals surface area contributed by atoms with Gasteiger partial charge in [-0.05, 0) is 23.3 Å². The molecule has 19 heavy (non-hydrogen) atoms. The van der Waals surface area contributed by atoms with Gasteiger partial charge in [0.2, 0.25) is 0 Å². The molecular formula is C14H14F2N2O. The number of aliphatic hydroxyl groups excluding tert-OH is 1. The van der Waals surface area contributed by atoms with Crippen molar-refractivity contribution < 1.29 is 13.9 Å². The van der Waals surface area contributed by atoms with Crippen LogP contribution in [0.4, 0.5) is 20.2 Å². The Hall–Kier alpha value is -2.14. The molecule has 0 fully saturated rings. The lowest BCUT2D eigenvalue weighted by molar-refractivity contribution is 0.281. The van der Waals surface area contributed by atoms with Crippen molar-refractivity contribution in [3.63, 3.8) is 0 Å². The third kappa shape index (κ3) is 3.20. The molecule has 2 rings (SSSR count). The average Bonchev–Trinajstić information content (AvgIpc) is 2.37. The van der Waals surface area contributed by atoms with E-state index in [-0.39, 0.29) is 24.5 Å². The van der Waals surface area contributed by atoms with Crippen molar-refractivity contribution in [3.05, 3.63) is 59.2 Å². The number of hydrogen-bond donors (Lipinski definition) is 3. The first-order valence-electron chi connectivity index (χ1n) is 5.77. The first kappa shape index (κ1) is 13.3. The predicted octanol–water partition coefficient (Wildman–Crippen LogP) is 2.65. The number of hydrogen-bond acceptors (Lipinski definition) is 3. The summed E-state index contributed by atoms with van der Waals surface area (Å²) in [6.45, 7) is 0.185. The zero-order chi connectivity index (χ0) is 13.8. The van der Waals surface area contributed by atoms with E-state index in [1.54, 1.807) is 24.3 Å². The highest BCUT2D eigenvalue weighted by Gasteiger charge is 2.09. The second-order valence-electron chi connectivity index (χ2n) is 4.19. The van der Waals surface area contributed by atoms with Crippen molar-refractivity contribution in [1.29, 1.82) is 0 Å². The summed E-state index contributed by atoms with van der Waals surface area (Å²) in [5.74, 6) is -1.45. The van der Waals surface area contributed by atoms with Crippen molar-refractivity contribution >= 4 is 11.4 Å². The number of nitrogens with one attached hydrogen (secondary N) is 1. The molecule has 0 saturated carbocycles. The highest BCUT2D eigenvalue weighted by Crippen LogP contribution is 2.22. The Morgan fingerprint density at radius 3 is 2.32 bits per heavy atom. The third-order valence-corrected chi connectivity index (χ3v) is 2.71. The van der Waals surface area contributed by atoms with Gasteiger partial charge in [-0.3, -0.25) is 0 Å². The molecule has 0 saturated heterocycles. The highest BCUT2D eigenvalue weighted by molar-refractivity contribution is 5.54. The Labute approximate surface area is 109 Å². The van der Waals surface area contributed by atoms with E-state index in [0.717, 1.165) is 23.3 Å². The first-order valence-corrected chi connectivity index (χ1v) is 5.77. The van der Waals surface area contributed by atoms with Crippen molar-refractivity contribution in [2.45, 2.75) is 13.2 Å². The normalized spacial score (nSPS) is 10.5. The average molecular weight is 264 g/mol. The van der Waals surface area contributed by atoms with Gasteiger partial charge >= 0.3 is 0 Å². The number of nitrogens with two attached hydrogens (primary N) is 1. The van der Waals surface area contributed by atoms with Gasteiger partial charge in [0.15, 0.2) is 11.6 Å². The Balaban J connectivity index is 2.14. The predicted molar refractivity (Wildman–Crippen MR) is 70.5 cm³/mol. The van der Waals surface area contributed by atoms with Gasteiger partial charge in [-0.1, -0.05) is 24.3 Å². The summed E-state index contributed by atoms with van der Waals surface area (Å²) in [5.41, 5.74) is 6.75. The second kappa shape index (κ2) is 5.67. The molecule has 5 heteroatoms. The van der Waals surface area contributed by atoms with E-state index in [4.69, 9.17) is 10.8 Å². The number of halogens is 2. The van der Waals surface area contributed by atoms with Crippen molar-refractivity contribution in [1.82, 2.24) is 0 Å². The van der Waals surface area contributed by atoms with E-state index in [9.17, 15) is 8.78 Å². The number of benzene rings is 2. The molecular weight excluding hydrogens is 250 g/mol. The first-order chi connectivity index (χ1) is 9.10. The minimum atomic E-state index is -0.726. The van der Waals surface area contributed by atoms with Crippen LogP contribution in [-0.4, -0.2) is 5.11 Å². The van der Waals surface area contributed by atoms with Gasteiger partial charge in [0.1, 0.15) is 5.69 Å². The summed E-state index contributed by atoms with van der Waals surface area (Å²) in [7, 11) is 0. The highest BCUT2D eigenvalue weighted by atomic mass is 19.1. The van der Waals surface area contributed by atoms with Crippen LogP contribution in [-0.2, 0) is 13.2 Å². The molecule has 100 valence electrons. The van der Waals surface area contributed by atoms with E-state index < -0.39 is 11.6 Å². The second-order valence-corrected chi connectivity index (χ2v) is 4.19. The van der Waals surface area contributed by atoms with Crippen LogP contribution >= 0.6 is 0 Å². The molecule has 0 heterocycles. The minimum Gasteiger partial charge on any atom is -0.399 e. The van der Waals surface area contributed by atoms with E-state index in [2.05, 4.69) is 5.32 Å². The van der Waals surface area contributed by atoms with Crippen LogP contribution in [0.3, 0.4) is 0 Å². The van der Waals surface area contributed by atoms with E-state index in [1.165, 1.54) is 0 Å². The summed E-state index contributed by atoms with van der Waals surface area (Å²) in [6, 6.07) is 9.25. The van der Waals surface area contributed by atoms with E-state index >= 15 is 0 Å². The summed E-state index contributed by atoms with van der Waals surface area (Å²) in [5, 5.41) is 11.7. The summed E-state index contributed by atoms with van der Waals surface area (Å²) in [6.07, 6.45) is 0. The van der Waals surface area contributed by atoms with Crippen LogP contribution < -0.4 is 11.1 Å². The van der Waals surface area contributed by atoms with Crippen LogP contribution in [0.1, 0.15) is 11.1 Å². The number of anilines is 2. The van der Waals surface area contributed by atoms with Crippen LogP contribution in [0.15, 0.2) is 36.4 Å². The lowest BCUT2D eigenvalue weighted by Crippen LogP contribution is -2.05. The quantitative estimate of drug-likeness (QED) is 0.744. The molecule has 2 aromatic rings. The Morgan fingerprint density at radius 1 is 1.05 bits per heavy atom. The number of rotatable bonds is 4. The van der Waals surface area contributed by atoms with Crippen molar-refractivity contribution in [2.24, 2.45) is 0 Å². The van der Waals surface area contributed by atoms with Gasteiger partial charge in [-0.2, -0.15) is 0 Å². The van der Waals surface area contributed by atoms with Gasteiger partial charge in [-0.25, -0.2) is 8.78 Å². The molecule has 0 bridgehead atoms. The van der Waals surface area contributed by atoms with Crippen LogP contribution in [0.25, 0.3) is 0 Å². The molecule has 0 aliphatic heterocycles. The van der Waals surface area contributed by atoms with Gasteiger partial charge in [0.05, 0.1) is 6.61 Å². The standard InChI is InChI=1S/C14H14F2N2O/c15-12-5-11(17)6-13(16)14(12)18-7-9-2-1-3-10(4-9)8-19/h1-6,18-19H,7-8,17H2. The molecule has 0 aliphatic carbocycles. The molecule has 3 nitrogen and oxygen atoms in total. The Morgan fingerprint density at radius 2 is 1.68 bits per heavy atom.